The highest BCUT2D eigenvalue weighted by Gasteiger charge is 2.20. The lowest BCUT2D eigenvalue weighted by atomic mass is 9.89. The van der Waals surface area contributed by atoms with Crippen LogP contribution in [-0.4, -0.2) is 22.0 Å². The Bertz CT molecular complexity index is 975. The van der Waals surface area contributed by atoms with Gasteiger partial charge >= 0.3 is 0 Å². The Morgan fingerprint density at radius 3 is 2.76 bits per heavy atom. The molecule has 0 atom stereocenters. The van der Waals surface area contributed by atoms with E-state index >= 15 is 0 Å². The number of nitrogens with zero attached hydrogens (tertiary/aromatic N) is 2. The maximum absolute atomic E-state index is 12.4. The quantitative estimate of drug-likeness (QED) is 0.481. The molecule has 1 fully saturated rings. The normalized spacial score (nSPS) is 14.9. The minimum atomic E-state index is 0.227. The predicted molar refractivity (Wildman–Crippen MR) is 121 cm³/mol. The number of amides is 1. The van der Waals surface area contributed by atoms with Gasteiger partial charge in [0.1, 0.15) is 5.82 Å². The molecule has 29 heavy (non-hydrogen) atoms. The third-order valence-corrected chi connectivity index (χ3v) is 6.31. The highest BCUT2D eigenvalue weighted by molar-refractivity contribution is 9.10. The third kappa shape index (κ3) is 5.08. The lowest BCUT2D eigenvalue weighted by Crippen LogP contribution is -2.32. The van der Waals surface area contributed by atoms with Crippen molar-refractivity contribution >= 4 is 32.9 Å². The summed E-state index contributed by atoms with van der Waals surface area (Å²) in [7, 11) is 0. The van der Waals surface area contributed by atoms with Crippen LogP contribution in [0.25, 0.3) is 11.0 Å². The molecule has 0 unspecified atom stereocenters. The van der Waals surface area contributed by atoms with Crippen LogP contribution in [0.5, 0.6) is 0 Å². The van der Waals surface area contributed by atoms with Crippen molar-refractivity contribution in [3.05, 3.63) is 64.4 Å². The number of fused-ring (bicyclic) bond motifs is 1. The van der Waals surface area contributed by atoms with Gasteiger partial charge in [-0.15, -0.1) is 0 Å². The number of nitrogens with one attached hydrogen (secondary N) is 1. The van der Waals surface area contributed by atoms with E-state index in [1.54, 1.807) is 0 Å². The molecule has 1 saturated carbocycles. The molecular weight excluding hydrogens is 426 g/mol. The number of halogens is 1. The first-order chi connectivity index (χ1) is 14.2. The minimum absolute atomic E-state index is 0.227. The second-order valence-electron chi connectivity index (χ2n) is 7.96. The first-order valence-electron chi connectivity index (χ1n) is 10.7. The molecule has 2 aromatic carbocycles. The smallest absolute Gasteiger partial charge is 0.223 e. The van der Waals surface area contributed by atoms with Crippen molar-refractivity contribution in [2.45, 2.75) is 51.5 Å². The number of rotatable bonds is 7. The molecule has 1 N–H and O–H groups in total. The second kappa shape index (κ2) is 9.57. The summed E-state index contributed by atoms with van der Waals surface area (Å²) in [5.74, 6) is 1.55. The van der Waals surface area contributed by atoms with E-state index < -0.39 is 0 Å². The fourth-order valence-electron chi connectivity index (χ4n) is 4.28. The van der Waals surface area contributed by atoms with Gasteiger partial charge in [0.25, 0.3) is 0 Å². The van der Waals surface area contributed by atoms with Crippen molar-refractivity contribution in [3.63, 3.8) is 0 Å². The fourth-order valence-corrected chi connectivity index (χ4v) is 4.72. The molecule has 152 valence electrons. The molecule has 1 aliphatic rings. The van der Waals surface area contributed by atoms with Crippen molar-refractivity contribution < 1.29 is 4.79 Å². The van der Waals surface area contributed by atoms with Gasteiger partial charge in [0, 0.05) is 29.9 Å². The summed E-state index contributed by atoms with van der Waals surface area (Å²) >= 11 is 3.57. The number of benzene rings is 2. The number of hydrogen-bond acceptors (Lipinski definition) is 2. The van der Waals surface area contributed by atoms with Crippen molar-refractivity contribution in [3.8, 4) is 0 Å². The van der Waals surface area contributed by atoms with Crippen molar-refractivity contribution in [1.82, 2.24) is 14.9 Å². The maximum atomic E-state index is 12.4. The van der Waals surface area contributed by atoms with Gasteiger partial charge in [-0.25, -0.2) is 4.98 Å². The number of aryl methyl sites for hydroxylation is 1. The highest BCUT2D eigenvalue weighted by Crippen LogP contribution is 2.24. The van der Waals surface area contributed by atoms with E-state index in [9.17, 15) is 4.79 Å². The van der Waals surface area contributed by atoms with Gasteiger partial charge < -0.3 is 9.88 Å². The SMILES string of the molecule is O=C(NCCCc1nc2ccccc2n1Cc1cccc(Br)c1)C1CCCCC1. The molecule has 1 aliphatic carbocycles. The lowest BCUT2D eigenvalue weighted by Gasteiger charge is -2.20. The predicted octanol–water partition coefficient (Wildman–Crippen LogP) is 5.48. The van der Waals surface area contributed by atoms with Crippen molar-refractivity contribution in [2.24, 2.45) is 5.92 Å². The summed E-state index contributed by atoms with van der Waals surface area (Å²) < 4.78 is 3.39. The monoisotopic (exact) mass is 453 g/mol. The molecule has 4 rings (SSSR count). The summed E-state index contributed by atoms with van der Waals surface area (Å²) in [4.78, 5) is 17.2. The van der Waals surface area contributed by atoms with Crippen molar-refractivity contribution in [2.75, 3.05) is 6.54 Å². The number of aromatic nitrogens is 2. The molecule has 5 heteroatoms. The molecule has 0 saturated heterocycles. The zero-order valence-corrected chi connectivity index (χ0v) is 18.3. The lowest BCUT2D eigenvalue weighted by molar-refractivity contribution is -0.125. The first-order valence-corrected chi connectivity index (χ1v) is 11.5. The van der Waals surface area contributed by atoms with Crippen LogP contribution in [0, 0.1) is 5.92 Å². The molecule has 1 aromatic heterocycles. The zero-order valence-electron chi connectivity index (χ0n) is 16.7. The summed E-state index contributed by atoms with van der Waals surface area (Å²) in [6.07, 6.45) is 7.52. The van der Waals surface area contributed by atoms with Crippen LogP contribution in [0.15, 0.2) is 53.0 Å². The Morgan fingerprint density at radius 1 is 1.10 bits per heavy atom. The van der Waals surface area contributed by atoms with Gasteiger partial charge in [0.15, 0.2) is 0 Å². The Kier molecular flexibility index (Phi) is 6.65. The summed E-state index contributed by atoms with van der Waals surface area (Å²) in [6.45, 7) is 1.51. The molecule has 0 spiro atoms. The Hall–Kier alpha value is -2.14. The Balaban J connectivity index is 1.42. The van der Waals surface area contributed by atoms with Gasteiger partial charge in [-0.05, 0) is 49.1 Å². The van der Waals surface area contributed by atoms with Crippen LogP contribution < -0.4 is 5.32 Å². The standard InChI is InChI=1S/C24H28BrN3O/c25-20-11-6-8-18(16-20)17-28-22-13-5-4-12-21(22)27-23(28)14-7-15-26-24(29)19-9-2-1-3-10-19/h4-6,8,11-13,16,19H,1-3,7,9-10,14-15,17H2,(H,26,29). The third-order valence-electron chi connectivity index (χ3n) is 5.82. The number of para-hydroxylation sites is 2. The average Bonchev–Trinajstić information content (AvgIpc) is 3.09. The van der Waals surface area contributed by atoms with E-state index in [1.807, 2.05) is 12.1 Å². The van der Waals surface area contributed by atoms with Crippen LogP contribution in [0.4, 0.5) is 0 Å². The van der Waals surface area contributed by atoms with Crippen LogP contribution in [0.2, 0.25) is 0 Å². The molecule has 0 radical (unpaired) electrons. The topological polar surface area (TPSA) is 46.9 Å². The van der Waals surface area contributed by atoms with Crippen LogP contribution in [-0.2, 0) is 17.8 Å². The number of imidazole rings is 1. The molecule has 0 bridgehead atoms. The van der Waals surface area contributed by atoms with Crippen molar-refractivity contribution in [1.29, 1.82) is 0 Å². The number of hydrogen-bond donors (Lipinski definition) is 1. The van der Waals surface area contributed by atoms with E-state index in [0.29, 0.717) is 0 Å². The second-order valence-corrected chi connectivity index (χ2v) is 8.88. The van der Waals surface area contributed by atoms with E-state index in [-0.39, 0.29) is 11.8 Å². The Morgan fingerprint density at radius 2 is 1.93 bits per heavy atom. The maximum Gasteiger partial charge on any atom is 0.223 e. The summed E-state index contributed by atoms with van der Waals surface area (Å²) in [5.41, 5.74) is 3.44. The van der Waals surface area contributed by atoms with Gasteiger partial charge in [-0.2, -0.15) is 0 Å². The number of carbonyl (C=O) groups is 1. The summed E-state index contributed by atoms with van der Waals surface area (Å²) in [6, 6.07) is 16.7. The molecule has 1 heterocycles. The molecule has 4 nitrogen and oxygen atoms in total. The van der Waals surface area contributed by atoms with Crippen LogP contribution in [0.3, 0.4) is 0 Å². The van der Waals surface area contributed by atoms with E-state index in [2.05, 4.69) is 62.2 Å². The average molecular weight is 454 g/mol. The molecule has 3 aromatic rings. The van der Waals surface area contributed by atoms with Gasteiger partial charge in [0.05, 0.1) is 11.0 Å². The molecule has 0 aliphatic heterocycles. The van der Waals surface area contributed by atoms with E-state index in [1.165, 1.54) is 24.8 Å². The van der Waals surface area contributed by atoms with E-state index in [4.69, 9.17) is 4.98 Å². The van der Waals surface area contributed by atoms with E-state index in [0.717, 1.165) is 60.1 Å². The minimum Gasteiger partial charge on any atom is -0.356 e. The van der Waals surface area contributed by atoms with Gasteiger partial charge in [0.2, 0.25) is 5.91 Å². The zero-order chi connectivity index (χ0) is 20.1. The van der Waals surface area contributed by atoms with Crippen LogP contribution in [0.1, 0.15) is 49.9 Å². The van der Waals surface area contributed by atoms with Gasteiger partial charge in [-0.1, -0.05) is 59.5 Å². The Labute approximate surface area is 180 Å². The largest absolute Gasteiger partial charge is 0.356 e. The van der Waals surface area contributed by atoms with Gasteiger partial charge in [-0.3, -0.25) is 4.79 Å². The number of carbonyl (C=O) groups excluding carboxylic acids is 1. The highest BCUT2D eigenvalue weighted by atomic mass is 79.9. The first kappa shape index (κ1) is 20.1. The molecular formula is C24H28BrN3O. The molecule has 1 amide bonds. The fraction of sp³-hybridized carbons (Fsp3) is 0.417. The summed E-state index contributed by atoms with van der Waals surface area (Å²) in [5, 5.41) is 3.15. The van der Waals surface area contributed by atoms with Crippen LogP contribution >= 0.6 is 15.9 Å².